The summed E-state index contributed by atoms with van der Waals surface area (Å²) < 4.78 is 27.9. The largest absolute Gasteiger partial charge is 0.350 e. The summed E-state index contributed by atoms with van der Waals surface area (Å²) in [6.45, 7) is 5.75. The molecule has 0 atom stereocenters. The maximum Gasteiger partial charge on any atom is 0.264 e. The van der Waals surface area contributed by atoms with Crippen LogP contribution in [0.5, 0.6) is 0 Å². The van der Waals surface area contributed by atoms with Crippen molar-refractivity contribution in [3.63, 3.8) is 0 Å². The molecule has 0 radical (unpaired) electrons. The minimum Gasteiger partial charge on any atom is -0.350 e. The predicted molar refractivity (Wildman–Crippen MR) is 118 cm³/mol. The fraction of sp³-hybridized carbons (Fsp3) is 0.217. The molecule has 0 aliphatic heterocycles. The zero-order valence-electron chi connectivity index (χ0n) is 17.3. The summed E-state index contributed by atoms with van der Waals surface area (Å²) in [5.74, 6) is -0.388. The van der Waals surface area contributed by atoms with E-state index in [-0.39, 0.29) is 17.3 Å². The number of rotatable bonds is 7. The molecule has 0 saturated heterocycles. The molecule has 3 aromatic rings. The van der Waals surface area contributed by atoms with Gasteiger partial charge in [-0.05, 0) is 73.9 Å². The van der Waals surface area contributed by atoms with Crippen molar-refractivity contribution in [3.05, 3.63) is 89.2 Å². The van der Waals surface area contributed by atoms with Crippen LogP contribution in [0.3, 0.4) is 0 Å². The van der Waals surface area contributed by atoms with Crippen LogP contribution >= 0.6 is 0 Å². The number of aryl methyl sites for hydroxylation is 3. The lowest BCUT2D eigenvalue weighted by Crippen LogP contribution is -2.40. The van der Waals surface area contributed by atoms with E-state index in [1.165, 1.54) is 0 Å². The van der Waals surface area contributed by atoms with Gasteiger partial charge in [0.2, 0.25) is 5.91 Å². The van der Waals surface area contributed by atoms with Gasteiger partial charge in [-0.1, -0.05) is 23.8 Å². The molecule has 1 heterocycles. The Bertz CT molecular complexity index is 1130. The van der Waals surface area contributed by atoms with Crippen LogP contribution in [0.4, 0.5) is 5.69 Å². The molecule has 1 amide bonds. The summed E-state index contributed by atoms with van der Waals surface area (Å²) in [5, 5.41) is 2.79. The van der Waals surface area contributed by atoms with Crippen LogP contribution in [0.1, 0.15) is 22.3 Å². The van der Waals surface area contributed by atoms with E-state index in [1.54, 1.807) is 60.9 Å². The van der Waals surface area contributed by atoms with Crippen molar-refractivity contribution in [3.8, 4) is 0 Å². The third kappa shape index (κ3) is 5.04. The number of hydrogen-bond donors (Lipinski definition) is 1. The van der Waals surface area contributed by atoms with E-state index in [0.717, 1.165) is 26.6 Å². The maximum absolute atomic E-state index is 13.4. The van der Waals surface area contributed by atoms with E-state index in [4.69, 9.17) is 0 Å². The van der Waals surface area contributed by atoms with Gasteiger partial charge in [-0.25, -0.2) is 8.42 Å². The molecule has 1 N–H and O–H groups in total. The highest BCUT2D eigenvalue weighted by Crippen LogP contribution is 2.26. The Kier molecular flexibility index (Phi) is 6.52. The van der Waals surface area contributed by atoms with E-state index in [2.05, 4.69) is 10.3 Å². The molecule has 0 spiro atoms. The topological polar surface area (TPSA) is 79.4 Å². The first-order chi connectivity index (χ1) is 14.3. The number of aromatic nitrogens is 1. The Morgan fingerprint density at radius 1 is 0.933 bits per heavy atom. The highest BCUT2D eigenvalue weighted by molar-refractivity contribution is 7.92. The van der Waals surface area contributed by atoms with Gasteiger partial charge >= 0.3 is 0 Å². The SMILES string of the molecule is Cc1ccc(S(=O)(=O)N(CC(=O)NCc2ccncc2)c2ccc(C)c(C)c2)cc1. The van der Waals surface area contributed by atoms with Gasteiger partial charge in [-0.3, -0.25) is 14.1 Å². The molecule has 0 aliphatic carbocycles. The number of nitrogens with zero attached hydrogens (tertiary/aromatic N) is 2. The Labute approximate surface area is 177 Å². The summed E-state index contributed by atoms with van der Waals surface area (Å²) >= 11 is 0. The zero-order valence-corrected chi connectivity index (χ0v) is 18.1. The average Bonchev–Trinajstić information content (AvgIpc) is 2.73. The molecule has 0 saturated carbocycles. The lowest BCUT2D eigenvalue weighted by Gasteiger charge is -2.25. The summed E-state index contributed by atoms with van der Waals surface area (Å²) in [6.07, 6.45) is 3.29. The third-order valence-corrected chi connectivity index (χ3v) is 6.70. The van der Waals surface area contributed by atoms with Gasteiger partial charge < -0.3 is 5.32 Å². The van der Waals surface area contributed by atoms with Gasteiger partial charge in [0.15, 0.2) is 0 Å². The molecule has 3 rings (SSSR count). The van der Waals surface area contributed by atoms with Gasteiger partial charge in [0.25, 0.3) is 10.0 Å². The van der Waals surface area contributed by atoms with Crippen molar-refractivity contribution >= 4 is 21.6 Å². The van der Waals surface area contributed by atoms with E-state index in [9.17, 15) is 13.2 Å². The maximum atomic E-state index is 13.4. The fourth-order valence-electron chi connectivity index (χ4n) is 2.92. The van der Waals surface area contributed by atoms with E-state index >= 15 is 0 Å². The number of anilines is 1. The van der Waals surface area contributed by atoms with Crippen LogP contribution in [0.25, 0.3) is 0 Å². The highest BCUT2D eigenvalue weighted by Gasteiger charge is 2.27. The Balaban J connectivity index is 1.90. The van der Waals surface area contributed by atoms with Crippen molar-refractivity contribution in [2.24, 2.45) is 0 Å². The zero-order chi connectivity index (χ0) is 21.7. The number of sulfonamides is 1. The van der Waals surface area contributed by atoms with Crippen molar-refractivity contribution in [1.29, 1.82) is 0 Å². The molecule has 7 heteroatoms. The smallest absolute Gasteiger partial charge is 0.264 e. The predicted octanol–water partition coefficient (Wildman–Crippen LogP) is 3.52. The van der Waals surface area contributed by atoms with Crippen LogP contribution < -0.4 is 9.62 Å². The van der Waals surface area contributed by atoms with Crippen LogP contribution in [-0.2, 0) is 21.4 Å². The van der Waals surface area contributed by atoms with E-state index in [1.807, 2.05) is 26.8 Å². The average molecular weight is 424 g/mol. The standard InChI is InChI=1S/C23H25N3O3S/c1-17-4-8-22(9-5-17)30(28,29)26(21-7-6-18(2)19(3)14-21)16-23(27)25-15-20-10-12-24-13-11-20/h4-14H,15-16H2,1-3H3,(H,25,27). The molecule has 0 fully saturated rings. The van der Waals surface area contributed by atoms with E-state index in [0.29, 0.717) is 12.2 Å². The summed E-state index contributed by atoms with van der Waals surface area (Å²) in [6, 6.07) is 15.6. The van der Waals surface area contributed by atoms with Crippen LogP contribution in [-0.4, -0.2) is 25.9 Å². The number of pyridine rings is 1. The normalized spacial score (nSPS) is 11.2. The van der Waals surface area contributed by atoms with E-state index < -0.39 is 10.0 Å². The number of benzene rings is 2. The van der Waals surface area contributed by atoms with Crippen LogP contribution in [0.2, 0.25) is 0 Å². The van der Waals surface area contributed by atoms with Crippen molar-refractivity contribution < 1.29 is 13.2 Å². The van der Waals surface area contributed by atoms with Crippen molar-refractivity contribution in [2.75, 3.05) is 10.8 Å². The Hall–Kier alpha value is -3.19. The summed E-state index contributed by atoms with van der Waals surface area (Å²) in [7, 11) is -3.92. The Morgan fingerprint density at radius 3 is 2.23 bits per heavy atom. The first-order valence-electron chi connectivity index (χ1n) is 9.59. The number of carbonyl (C=O) groups excluding carboxylic acids is 1. The lowest BCUT2D eigenvalue weighted by molar-refractivity contribution is -0.119. The highest BCUT2D eigenvalue weighted by atomic mass is 32.2. The summed E-state index contributed by atoms with van der Waals surface area (Å²) in [5.41, 5.74) is 4.30. The fourth-order valence-corrected chi connectivity index (χ4v) is 4.33. The molecule has 2 aromatic carbocycles. The molecule has 1 aromatic heterocycles. The minimum atomic E-state index is -3.92. The van der Waals surface area contributed by atoms with Gasteiger partial charge in [-0.15, -0.1) is 0 Å². The lowest BCUT2D eigenvalue weighted by atomic mass is 10.1. The second kappa shape index (κ2) is 9.09. The van der Waals surface area contributed by atoms with Gasteiger partial charge in [0.05, 0.1) is 10.6 Å². The van der Waals surface area contributed by atoms with Crippen molar-refractivity contribution in [2.45, 2.75) is 32.2 Å². The number of carbonyl (C=O) groups is 1. The van der Waals surface area contributed by atoms with Crippen LogP contribution in [0.15, 0.2) is 71.9 Å². The number of hydrogen-bond acceptors (Lipinski definition) is 4. The molecule has 156 valence electrons. The molecule has 0 unspecified atom stereocenters. The Morgan fingerprint density at radius 2 is 1.60 bits per heavy atom. The number of amides is 1. The van der Waals surface area contributed by atoms with Crippen LogP contribution in [0, 0.1) is 20.8 Å². The molecular formula is C23H25N3O3S. The molecule has 0 bridgehead atoms. The molecule has 0 aliphatic rings. The monoisotopic (exact) mass is 423 g/mol. The second-order valence-electron chi connectivity index (χ2n) is 7.23. The minimum absolute atomic E-state index is 0.147. The van der Waals surface area contributed by atoms with Gasteiger partial charge in [0.1, 0.15) is 6.54 Å². The summed E-state index contributed by atoms with van der Waals surface area (Å²) in [4.78, 5) is 16.7. The first-order valence-corrected chi connectivity index (χ1v) is 11.0. The molecule has 30 heavy (non-hydrogen) atoms. The quantitative estimate of drug-likeness (QED) is 0.631. The van der Waals surface area contributed by atoms with Crippen molar-refractivity contribution in [1.82, 2.24) is 10.3 Å². The number of nitrogens with one attached hydrogen (secondary N) is 1. The molecular weight excluding hydrogens is 398 g/mol. The van der Waals surface area contributed by atoms with Gasteiger partial charge in [0, 0.05) is 18.9 Å². The molecule has 6 nitrogen and oxygen atoms in total. The van der Waals surface area contributed by atoms with Gasteiger partial charge in [-0.2, -0.15) is 0 Å². The third-order valence-electron chi connectivity index (χ3n) is 4.91. The first kappa shape index (κ1) is 21.5. The second-order valence-corrected chi connectivity index (χ2v) is 9.09.